The van der Waals surface area contributed by atoms with Crippen molar-refractivity contribution in [3.63, 3.8) is 0 Å². The monoisotopic (exact) mass is 422 g/mol. The minimum absolute atomic E-state index is 0.0290. The van der Waals surface area contributed by atoms with E-state index in [2.05, 4.69) is 30.0 Å². The average Bonchev–Trinajstić information content (AvgIpc) is 3.17. The van der Waals surface area contributed by atoms with Gasteiger partial charge in [-0.3, -0.25) is 9.69 Å². The molecule has 0 bridgehead atoms. The third kappa shape index (κ3) is 4.57. The molecule has 0 aromatic heterocycles. The van der Waals surface area contributed by atoms with Crippen molar-refractivity contribution >= 4 is 5.91 Å². The van der Waals surface area contributed by atoms with E-state index in [1.54, 1.807) is 11.0 Å². The van der Waals surface area contributed by atoms with E-state index < -0.39 is 0 Å². The van der Waals surface area contributed by atoms with Crippen LogP contribution in [0.1, 0.15) is 78.6 Å². The molecule has 5 nitrogen and oxygen atoms in total. The molecule has 2 N–H and O–H groups in total. The first-order valence-electron chi connectivity index (χ1n) is 11.5. The van der Waals surface area contributed by atoms with Gasteiger partial charge in [0.15, 0.2) is 0 Å². The summed E-state index contributed by atoms with van der Waals surface area (Å²) in [5.74, 6) is 0.607. The number of fused-ring (bicyclic) bond motifs is 1. The van der Waals surface area contributed by atoms with Crippen LogP contribution in [-0.4, -0.2) is 39.0 Å². The van der Waals surface area contributed by atoms with Gasteiger partial charge in [0.05, 0.1) is 5.56 Å². The number of likely N-dealkylation sites (tertiary alicyclic amines) is 1. The van der Waals surface area contributed by atoms with Crippen molar-refractivity contribution in [3.8, 4) is 11.5 Å². The Balaban J connectivity index is 1.45. The van der Waals surface area contributed by atoms with Crippen molar-refractivity contribution in [1.82, 2.24) is 9.80 Å². The Morgan fingerprint density at radius 3 is 2.42 bits per heavy atom. The standard InChI is InChI=1S/C26H34N2O3/c1-4-18-7-9-27(10-8-18)14-19-5-6-20-15-28(16-21(20)11-19)26(31)23-12-22(17(2)3)24(29)13-25(23)30/h5-6,11-13,17-18,29-30H,4,7-10,14-16H2,1-3H3. The van der Waals surface area contributed by atoms with Crippen LogP contribution in [0.25, 0.3) is 0 Å². The number of nitrogens with zero attached hydrogens (tertiary/aromatic N) is 2. The fourth-order valence-corrected chi connectivity index (χ4v) is 4.90. The van der Waals surface area contributed by atoms with Crippen molar-refractivity contribution in [2.75, 3.05) is 13.1 Å². The van der Waals surface area contributed by atoms with Crippen LogP contribution in [0.5, 0.6) is 11.5 Å². The Bertz CT molecular complexity index is 961. The van der Waals surface area contributed by atoms with E-state index in [4.69, 9.17) is 0 Å². The molecule has 0 unspecified atom stereocenters. The maximum absolute atomic E-state index is 13.2. The fraction of sp³-hybridized carbons (Fsp3) is 0.500. The number of benzene rings is 2. The molecule has 31 heavy (non-hydrogen) atoms. The van der Waals surface area contributed by atoms with Crippen LogP contribution >= 0.6 is 0 Å². The molecule has 0 spiro atoms. The molecular formula is C26H34N2O3. The zero-order valence-electron chi connectivity index (χ0n) is 18.9. The number of hydrogen-bond acceptors (Lipinski definition) is 4. The Labute approximate surface area is 185 Å². The molecule has 1 saturated heterocycles. The van der Waals surface area contributed by atoms with Crippen LogP contribution in [0.15, 0.2) is 30.3 Å². The molecule has 4 rings (SSSR count). The molecule has 0 saturated carbocycles. The van der Waals surface area contributed by atoms with Gasteiger partial charge >= 0.3 is 0 Å². The summed E-state index contributed by atoms with van der Waals surface area (Å²) in [6, 6.07) is 9.49. The predicted molar refractivity (Wildman–Crippen MR) is 122 cm³/mol. The van der Waals surface area contributed by atoms with Gasteiger partial charge in [-0.15, -0.1) is 0 Å². The molecule has 0 atom stereocenters. The van der Waals surface area contributed by atoms with E-state index in [0.717, 1.165) is 12.5 Å². The molecule has 1 amide bonds. The van der Waals surface area contributed by atoms with Crippen molar-refractivity contribution < 1.29 is 15.0 Å². The summed E-state index contributed by atoms with van der Waals surface area (Å²) in [4.78, 5) is 17.5. The smallest absolute Gasteiger partial charge is 0.258 e. The predicted octanol–water partition coefficient (Wildman–Crippen LogP) is 5.00. The molecule has 5 heteroatoms. The SMILES string of the molecule is CCC1CCN(Cc2ccc3c(c2)CN(C(=O)c2cc(C(C)C)c(O)cc2O)C3)CC1. The third-order valence-corrected chi connectivity index (χ3v) is 6.97. The zero-order chi connectivity index (χ0) is 22.1. The lowest BCUT2D eigenvalue weighted by molar-refractivity contribution is 0.0748. The number of hydrogen-bond donors (Lipinski definition) is 2. The Kier molecular flexibility index (Phi) is 6.24. The molecule has 2 aromatic rings. The summed E-state index contributed by atoms with van der Waals surface area (Å²) in [6.07, 6.45) is 3.86. The number of amides is 1. The Morgan fingerprint density at radius 1 is 1.03 bits per heavy atom. The first-order valence-corrected chi connectivity index (χ1v) is 11.5. The summed E-state index contributed by atoms with van der Waals surface area (Å²) in [7, 11) is 0. The van der Waals surface area contributed by atoms with Crippen LogP contribution in [-0.2, 0) is 19.6 Å². The van der Waals surface area contributed by atoms with Crippen LogP contribution in [0, 0.1) is 5.92 Å². The normalized spacial score (nSPS) is 17.4. The molecule has 1 fully saturated rings. The minimum Gasteiger partial charge on any atom is -0.508 e. The lowest BCUT2D eigenvalue weighted by Crippen LogP contribution is -2.33. The molecule has 2 aliphatic rings. The molecule has 2 aromatic carbocycles. The second-order valence-corrected chi connectivity index (χ2v) is 9.47. The summed E-state index contributed by atoms with van der Waals surface area (Å²) >= 11 is 0. The lowest BCUT2D eigenvalue weighted by atomic mass is 9.94. The molecule has 166 valence electrons. The lowest BCUT2D eigenvalue weighted by Gasteiger charge is -2.31. The second-order valence-electron chi connectivity index (χ2n) is 9.47. The Morgan fingerprint density at radius 2 is 1.74 bits per heavy atom. The van der Waals surface area contributed by atoms with Gasteiger partial charge < -0.3 is 15.1 Å². The maximum Gasteiger partial charge on any atom is 0.258 e. The van der Waals surface area contributed by atoms with Crippen molar-refractivity contribution in [2.45, 2.75) is 65.6 Å². The topological polar surface area (TPSA) is 64.0 Å². The van der Waals surface area contributed by atoms with E-state index in [-0.39, 0.29) is 28.9 Å². The number of phenolic OH excluding ortho intramolecular Hbond substituents is 2. The van der Waals surface area contributed by atoms with Gasteiger partial charge in [0.2, 0.25) is 0 Å². The van der Waals surface area contributed by atoms with Gasteiger partial charge in [0, 0.05) is 25.7 Å². The van der Waals surface area contributed by atoms with Crippen LogP contribution in [0.4, 0.5) is 0 Å². The number of phenols is 2. The third-order valence-electron chi connectivity index (χ3n) is 6.97. The van der Waals surface area contributed by atoms with Gasteiger partial charge in [-0.1, -0.05) is 45.4 Å². The molecule has 2 aliphatic heterocycles. The van der Waals surface area contributed by atoms with Crippen LogP contribution in [0.3, 0.4) is 0 Å². The van der Waals surface area contributed by atoms with E-state index >= 15 is 0 Å². The number of carbonyl (C=O) groups excluding carboxylic acids is 1. The van der Waals surface area contributed by atoms with Crippen molar-refractivity contribution in [1.29, 1.82) is 0 Å². The van der Waals surface area contributed by atoms with Crippen molar-refractivity contribution in [3.05, 3.63) is 58.1 Å². The average molecular weight is 423 g/mol. The van der Waals surface area contributed by atoms with E-state index in [1.165, 1.54) is 55.1 Å². The number of aromatic hydroxyl groups is 2. The quantitative estimate of drug-likeness (QED) is 0.712. The number of piperidine rings is 1. The fourth-order valence-electron chi connectivity index (χ4n) is 4.90. The minimum atomic E-state index is -0.196. The molecule has 2 heterocycles. The largest absolute Gasteiger partial charge is 0.508 e. The summed E-state index contributed by atoms with van der Waals surface area (Å²) in [5.41, 5.74) is 4.60. The highest BCUT2D eigenvalue weighted by molar-refractivity contribution is 5.97. The van der Waals surface area contributed by atoms with Gasteiger partial charge in [0.1, 0.15) is 11.5 Å². The Hall–Kier alpha value is -2.53. The molecule has 0 radical (unpaired) electrons. The second kappa shape index (κ2) is 8.91. The van der Waals surface area contributed by atoms with Crippen LogP contribution < -0.4 is 0 Å². The summed E-state index contributed by atoms with van der Waals surface area (Å²) < 4.78 is 0. The number of carbonyl (C=O) groups is 1. The highest BCUT2D eigenvalue weighted by Gasteiger charge is 2.27. The summed E-state index contributed by atoms with van der Waals surface area (Å²) in [5, 5.41) is 20.4. The van der Waals surface area contributed by atoms with Crippen LogP contribution in [0.2, 0.25) is 0 Å². The molecule has 0 aliphatic carbocycles. The first kappa shape index (κ1) is 21.7. The van der Waals surface area contributed by atoms with Gasteiger partial charge in [0.25, 0.3) is 5.91 Å². The maximum atomic E-state index is 13.2. The number of rotatable bonds is 5. The first-order chi connectivity index (χ1) is 14.9. The highest BCUT2D eigenvalue weighted by Crippen LogP contribution is 2.34. The van der Waals surface area contributed by atoms with E-state index in [9.17, 15) is 15.0 Å². The molecular weight excluding hydrogens is 388 g/mol. The van der Waals surface area contributed by atoms with Gasteiger partial charge in [-0.25, -0.2) is 0 Å². The highest BCUT2D eigenvalue weighted by atomic mass is 16.3. The van der Waals surface area contributed by atoms with Gasteiger partial charge in [-0.05, 0) is 66.1 Å². The van der Waals surface area contributed by atoms with E-state index in [1.807, 2.05) is 13.8 Å². The van der Waals surface area contributed by atoms with E-state index in [0.29, 0.717) is 18.7 Å². The zero-order valence-corrected chi connectivity index (χ0v) is 18.9. The summed E-state index contributed by atoms with van der Waals surface area (Å²) in [6.45, 7) is 10.6. The van der Waals surface area contributed by atoms with Crippen molar-refractivity contribution in [2.24, 2.45) is 5.92 Å². The van der Waals surface area contributed by atoms with Gasteiger partial charge in [-0.2, -0.15) is 0 Å².